The van der Waals surface area contributed by atoms with Crippen LogP contribution in [0.25, 0.3) is 0 Å². The average Bonchev–Trinajstić information content (AvgIpc) is 2.80. The first kappa shape index (κ1) is 14.4. The predicted molar refractivity (Wildman–Crippen MR) is 75.3 cm³/mol. The minimum atomic E-state index is -0.0246. The maximum absolute atomic E-state index is 12.4. The Labute approximate surface area is 127 Å². The molecule has 0 unspecified atom stereocenters. The number of carbonyl (C=O) groups is 1. The molecule has 1 aliphatic heterocycles. The lowest BCUT2D eigenvalue weighted by atomic mass is 10.1. The van der Waals surface area contributed by atoms with Gasteiger partial charge in [0.05, 0.1) is 12.8 Å². The average molecular weight is 303 g/mol. The van der Waals surface area contributed by atoms with Crippen molar-refractivity contribution in [1.29, 1.82) is 0 Å². The molecule has 0 aromatic carbocycles. The number of methoxy groups -OCH3 is 1. The third-order valence-corrected chi connectivity index (χ3v) is 3.66. The molecule has 0 atom stereocenters. The van der Waals surface area contributed by atoms with E-state index in [1.807, 2.05) is 0 Å². The van der Waals surface area contributed by atoms with E-state index in [1.54, 1.807) is 18.9 Å². The predicted octanol–water partition coefficient (Wildman–Crippen LogP) is 0.347. The quantitative estimate of drug-likeness (QED) is 0.807. The van der Waals surface area contributed by atoms with E-state index in [-0.39, 0.29) is 12.3 Å². The van der Waals surface area contributed by atoms with Gasteiger partial charge in [0, 0.05) is 25.1 Å². The van der Waals surface area contributed by atoms with Crippen molar-refractivity contribution in [3.05, 3.63) is 29.3 Å². The molecule has 2 aromatic heterocycles. The highest BCUT2D eigenvalue weighted by Crippen LogP contribution is 2.22. The number of aromatic nitrogens is 4. The summed E-state index contributed by atoms with van der Waals surface area (Å²) in [6.07, 6.45) is 2.98. The number of nitrogens with zero attached hydrogens (tertiary/aromatic N) is 5. The molecule has 22 heavy (non-hydrogen) atoms. The minimum absolute atomic E-state index is 0.0246. The topological polar surface area (TPSA) is 94.2 Å². The van der Waals surface area contributed by atoms with E-state index in [0.717, 1.165) is 11.3 Å². The number of carbonyl (C=O) groups excluding carboxylic acids is 1. The fourth-order valence-corrected chi connectivity index (χ4v) is 2.57. The normalized spacial score (nSPS) is 14.4. The number of aryl methyl sites for hydroxylation is 1. The summed E-state index contributed by atoms with van der Waals surface area (Å²) in [7, 11) is 1.59. The van der Waals surface area contributed by atoms with Crippen LogP contribution < -0.4 is 4.74 Å². The van der Waals surface area contributed by atoms with Crippen molar-refractivity contribution in [3.8, 4) is 5.88 Å². The summed E-state index contributed by atoms with van der Waals surface area (Å²) in [5, 5.41) is 3.70. The first-order chi connectivity index (χ1) is 10.7. The molecular formula is C14H17N5O3. The highest BCUT2D eigenvalue weighted by molar-refractivity contribution is 5.78. The molecule has 1 aliphatic rings. The Balaban J connectivity index is 1.70. The van der Waals surface area contributed by atoms with Crippen LogP contribution in [0.15, 0.2) is 10.9 Å². The molecule has 0 aliphatic carbocycles. The summed E-state index contributed by atoms with van der Waals surface area (Å²) in [5.74, 6) is 1.45. The summed E-state index contributed by atoms with van der Waals surface area (Å²) in [6, 6.07) is 0. The Hall–Kier alpha value is -2.51. The molecule has 1 amide bonds. The van der Waals surface area contributed by atoms with Crippen LogP contribution in [0.5, 0.6) is 5.88 Å². The van der Waals surface area contributed by atoms with Gasteiger partial charge in [-0.1, -0.05) is 5.16 Å². The minimum Gasteiger partial charge on any atom is -0.481 e. The van der Waals surface area contributed by atoms with E-state index < -0.39 is 0 Å². The van der Waals surface area contributed by atoms with Crippen LogP contribution in [-0.4, -0.2) is 51.1 Å². The van der Waals surface area contributed by atoms with E-state index in [1.165, 1.54) is 6.33 Å². The van der Waals surface area contributed by atoms with Crippen LogP contribution in [0.4, 0.5) is 0 Å². The van der Waals surface area contributed by atoms with Crippen molar-refractivity contribution in [2.24, 2.45) is 0 Å². The molecule has 116 valence electrons. The van der Waals surface area contributed by atoms with Gasteiger partial charge in [-0.05, 0) is 13.3 Å². The van der Waals surface area contributed by atoms with Gasteiger partial charge in [0.25, 0.3) is 0 Å². The standard InChI is InChI=1S/C14H17N5O3/c1-9-17-12(22-18-9)7-13(20)19-5-3-10-11(4-6-19)15-8-16-14(10)21-2/h8H,3-7H2,1-2H3. The molecule has 2 aromatic rings. The van der Waals surface area contributed by atoms with Crippen molar-refractivity contribution < 1.29 is 14.1 Å². The van der Waals surface area contributed by atoms with Gasteiger partial charge >= 0.3 is 0 Å². The summed E-state index contributed by atoms with van der Waals surface area (Å²) in [4.78, 5) is 26.6. The summed E-state index contributed by atoms with van der Waals surface area (Å²) >= 11 is 0. The fourth-order valence-electron chi connectivity index (χ4n) is 2.57. The molecule has 8 nitrogen and oxygen atoms in total. The van der Waals surface area contributed by atoms with Gasteiger partial charge in [-0.3, -0.25) is 4.79 Å². The van der Waals surface area contributed by atoms with Crippen LogP contribution in [0.1, 0.15) is 23.0 Å². The van der Waals surface area contributed by atoms with E-state index in [0.29, 0.717) is 43.5 Å². The molecule has 0 radical (unpaired) electrons. The summed E-state index contributed by atoms with van der Waals surface area (Å²) in [6.45, 7) is 2.94. The zero-order chi connectivity index (χ0) is 15.5. The lowest BCUT2D eigenvalue weighted by Crippen LogP contribution is -2.34. The Morgan fingerprint density at radius 3 is 2.91 bits per heavy atom. The summed E-state index contributed by atoms with van der Waals surface area (Å²) in [5.41, 5.74) is 1.92. The molecule has 3 rings (SSSR count). The van der Waals surface area contributed by atoms with Gasteiger partial charge in [-0.2, -0.15) is 4.98 Å². The zero-order valence-corrected chi connectivity index (χ0v) is 12.6. The summed E-state index contributed by atoms with van der Waals surface area (Å²) < 4.78 is 10.3. The Morgan fingerprint density at radius 2 is 2.18 bits per heavy atom. The monoisotopic (exact) mass is 303 g/mol. The first-order valence-electron chi connectivity index (χ1n) is 7.11. The number of fused-ring (bicyclic) bond motifs is 1. The van der Waals surface area contributed by atoms with Gasteiger partial charge in [0.2, 0.25) is 17.7 Å². The van der Waals surface area contributed by atoms with Crippen LogP contribution in [0, 0.1) is 6.92 Å². The second kappa shape index (κ2) is 6.08. The third-order valence-electron chi connectivity index (χ3n) is 3.66. The molecule has 0 bridgehead atoms. The van der Waals surface area contributed by atoms with Crippen molar-refractivity contribution in [2.45, 2.75) is 26.2 Å². The lowest BCUT2D eigenvalue weighted by Gasteiger charge is -2.19. The Morgan fingerprint density at radius 1 is 1.36 bits per heavy atom. The zero-order valence-electron chi connectivity index (χ0n) is 12.6. The van der Waals surface area contributed by atoms with E-state index in [4.69, 9.17) is 9.26 Å². The van der Waals surface area contributed by atoms with Gasteiger partial charge in [0.15, 0.2) is 5.82 Å². The molecule has 0 fully saturated rings. The number of rotatable bonds is 3. The number of hydrogen-bond donors (Lipinski definition) is 0. The first-order valence-corrected chi connectivity index (χ1v) is 7.11. The smallest absolute Gasteiger partial charge is 0.236 e. The maximum Gasteiger partial charge on any atom is 0.236 e. The van der Waals surface area contributed by atoms with Crippen molar-refractivity contribution in [3.63, 3.8) is 0 Å². The van der Waals surface area contributed by atoms with Gasteiger partial charge < -0.3 is 14.2 Å². The number of ether oxygens (including phenoxy) is 1. The molecule has 3 heterocycles. The lowest BCUT2D eigenvalue weighted by molar-refractivity contribution is -0.130. The highest BCUT2D eigenvalue weighted by atomic mass is 16.5. The van der Waals surface area contributed by atoms with Crippen LogP contribution >= 0.6 is 0 Å². The Kier molecular flexibility index (Phi) is 3.99. The second-order valence-electron chi connectivity index (χ2n) is 5.10. The van der Waals surface area contributed by atoms with E-state index in [9.17, 15) is 4.79 Å². The number of amides is 1. The van der Waals surface area contributed by atoms with E-state index >= 15 is 0 Å². The van der Waals surface area contributed by atoms with Crippen LogP contribution in [0.2, 0.25) is 0 Å². The highest BCUT2D eigenvalue weighted by Gasteiger charge is 2.23. The van der Waals surface area contributed by atoms with Crippen molar-refractivity contribution >= 4 is 5.91 Å². The third kappa shape index (κ3) is 2.90. The van der Waals surface area contributed by atoms with Gasteiger partial charge in [-0.15, -0.1) is 0 Å². The molecule has 8 heteroatoms. The van der Waals surface area contributed by atoms with Gasteiger partial charge in [0.1, 0.15) is 12.7 Å². The van der Waals surface area contributed by atoms with Crippen LogP contribution in [0.3, 0.4) is 0 Å². The van der Waals surface area contributed by atoms with Crippen molar-refractivity contribution in [2.75, 3.05) is 20.2 Å². The molecule has 0 saturated heterocycles. The largest absolute Gasteiger partial charge is 0.481 e. The molecule has 0 N–H and O–H groups in total. The van der Waals surface area contributed by atoms with E-state index in [2.05, 4.69) is 20.1 Å². The molecular weight excluding hydrogens is 286 g/mol. The van der Waals surface area contributed by atoms with Crippen molar-refractivity contribution in [1.82, 2.24) is 25.0 Å². The molecule has 0 spiro atoms. The number of hydrogen-bond acceptors (Lipinski definition) is 7. The fraction of sp³-hybridized carbons (Fsp3) is 0.500. The maximum atomic E-state index is 12.4. The second-order valence-corrected chi connectivity index (χ2v) is 5.10. The van der Waals surface area contributed by atoms with Gasteiger partial charge in [-0.25, -0.2) is 9.97 Å². The molecule has 0 saturated carbocycles. The van der Waals surface area contributed by atoms with Crippen LogP contribution in [-0.2, 0) is 24.1 Å². The Bertz CT molecular complexity index is 685. The SMILES string of the molecule is COc1ncnc2c1CCN(C(=O)Cc1nc(C)no1)CC2.